The van der Waals surface area contributed by atoms with Crippen LogP contribution in [0.25, 0.3) is 0 Å². The van der Waals surface area contributed by atoms with E-state index in [4.69, 9.17) is 0 Å². The molecule has 1 amide bonds. The minimum Gasteiger partial charge on any atom is -0.326 e. The average molecular weight is 339 g/mol. The number of aryl methyl sites for hydroxylation is 1. The molecule has 0 spiro atoms. The topological polar surface area (TPSA) is 41.1 Å². The molecule has 0 bridgehead atoms. The molecular formula is C16H23BrN2O. The Morgan fingerprint density at radius 2 is 2.05 bits per heavy atom. The fraction of sp³-hybridized carbons (Fsp3) is 0.562. The molecule has 1 aliphatic heterocycles. The lowest BCUT2D eigenvalue weighted by atomic mass is 9.74. The lowest BCUT2D eigenvalue weighted by molar-refractivity contribution is -0.127. The lowest BCUT2D eigenvalue weighted by Crippen LogP contribution is -2.44. The van der Waals surface area contributed by atoms with E-state index in [1.807, 2.05) is 25.1 Å². The van der Waals surface area contributed by atoms with Crippen LogP contribution in [0.3, 0.4) is 0 Å². The van der Waals surface area contributed by atoms with Crippen LogP contribution in [-0.2, 0) is 4.79 Å². The van der Waals surface area contributed by atoms with Gasteiger partial charge in [-0.2, -0.15) is 0 Å². The van der Waals surface area contributed by atoms with Crippen LogP contribution in [0, 0.1) is 12.3 Å². The van der Waals surface area contributed by atoms with Crippen molar-refractivity contribution in [1.82, 2.24) is 5.32 Å². The molecule has 20 heavy (non-hydrogen) atoms. The highest BCUT2D eigenvalue weighted by molar-refractivity contribution is 9.10. The lowest BCUT2D eigenvalue weighted by Gasteiger charge is -2.36. The number of anilines is 1. The summed E-state index contributed by atoms with van der Waals surface area (Å²) < 4.78 is 1.00. The highest BCUT2D eigenvalue weighted by Crippen LogP contribution is 2.35. The van der Waals surface area contributed by atoms with Gasteiger partial charge in [-0.05, 0) is 63.0 Å². The second-order valence-corrected chi connectivity index (χ2v) is 6.67. The second-order valence-electron chi connectivity index (χ2n) is 5.75. The van der Waals surface area contributed by atoms with Gasteiger partial charge >= 0.3 is 0 Å². The van der Waals surface area contributed by atoms with Gasteiger partial charge in [0.2, 0.25) is 5.91 Å². The molecule has 1 aromatic rings. The van der Waals surface area contributed by atoms with Crippen LogP contribution in [-0.4, -0.2) is 19.0 Å². The number of amides is 1. The minimum atomic E-state index is -0.198. The largest absolute Gasteiger partial charge is 0.326 e. The average Bonchev–Trinajstić information content (AvgIpc) is 2.38. The van der Waals surface area contributed by atoms with Crippen LogP contribution in [0.4, 0.5) is 5.69 Å². The summed E-state index contributed by atoms with van der Waals surface area (Å²) in [5.41, 5.74) is 1.83. The van der Waals surface area contributed by atoms with Crippen LogP contribution in [0.2, 0.25) is 0 Å². The Bertz CT molecular complexity index is 456. The first-order valence-electron chi connectivity index (χ1n) is 7.35. The predicted octanol–water partition coefficient (Wildman–Crippen LogP) is 3.87. The summed E-state index contributed by atoms with van der Waals surface area (Å²) in [6.07, 6.45) is 3.87. The van der Waals surface area contributed by atoms with Crippen molar-refractivity contribution in [3.8, 4) is 0 Å². The van der Waals surface area contributed by atoms with E-state index in [0.29, 0.717) is 0 Å². The van der Waals surface area contributed by atoms with E-state index < -0.39 is 0 Å². The van der Waals surface area contributed by atoms with Gasteiger partial charge in [-0.15, -0.1) is 0 Å². The Labute approximate surface area is 129 Å². The van der Waals surface area contributed by atoms with Crippen LogP contribution in [0.5, 0.6) is 0 Å². The standard InChI is InChI=1S/C16H23BrN2O/c1-3-4-16(5-7-18-8-6-16)15(20)19-14-10-12(2)9-13(17)11-14/h9-11,18H,3-8H2,1-2H3,(H,19,20). The molecule has 2 N–H and O–H groups in total. The number of benzene rings is 1. The molecule has 1 heterocycles. The van der Waals surface area contributed by atoms with Crippen LogP contribution in [0.1, 0.15) is 38.2 Å². The molecule has 110 valence electrons. The van der Waals surface area contributed by atoms with Gasteiger partial charge in [0.25, 0.3) is 0 Å². The first kappa shape index (κ1) is 15.5. The third kappa shape index (κ3) is 3.61. The van der Waals surface area contributed by atoms with Crippen molar-refractivity contribution in [3.05, 3.63) is 28.2 Å². The van der Waals surface area contributed by atoms with Gasteiger partial charge < -0.3 is 10.6 Å². The van der Waals surface area contributed by atoms with E-state index in [-0.39, 0.29) is 11.3 Å². The van der Waals surface area contributed by atoms with Crippen LogP contribution in [0.15, 0.2) is 22.7 Å². The molecule has 0 saturated carbocycles. The number of rotatable bonds is 4. The Kier molecular flexibility index (Phi) is 5.22. The van der Waals surface area contributed by atoms with Gasteiger partial charge in [-0.25, -0.2) is 0 Å². The highest BCUT2D eigenvalue weighted by Gasteiger charge is 2.38. The molecule has 4 heteroatoms. The third-order valence-corrected chi connectivity index (χ3v) is 4.53. The SMILES string of the molecule is CCCC1(C(=O)Nc2cc(C)cc(Br)c2)CCNCC1. The predicted molar refractivity (Wildman–Crippen MR) is 87.0 cm³/mol. The zero-order chi connectivity index (χ0) is 14.6. The number of halogens is 1. The number of carbonyl (C=O) groups excluding carboxylic acids is 1. The number of piperidine rings is 1. The van der Waals surface area contributed by atoms with Crippen molar-refractivity contribution in [2.75, 3.05) is 18.4 Å². The van der Waals surface area contributed by atoms with E-state index in [1.165, 1.54) is 0 Å². The number of hydrogen-bond donors (Lipinski definition) is 2. The van der Waals surface area contributed by atoms with E-state index in [2.05, 4.69) is 33.5 Å². The van der Waals surface area contributed by atoms with Crippen molar-refractivity contribution < 1.29 is 4.79 Å². The zero-order valence-corrected chi connectivity index (χ0v) is 13.8. The summed E-state index contributed by atoms with van der Waals surface area (Å²) in [6, 6.07) is 6.02. The van der Waals surface area contributed by atoms with Crippen molar-refractivity contribution in [2.45, 2.75) is 39.5 Å². The molecule has 1 fully saturated rings. The van der Waals surface area contributed by atoms with Gasteiger partial charge in [-0.3, -0.25) is 4.79 Å². The van der Waals surface area contributed by atoms with Crippen molar-refractivity contribution >= 4 is 27.5 Å². The fourth-order valence-electron chi connectivity index (χ4n) is 3.05. The molecule has 0 radical (unpaired) electrons. The van der Waals surface area contributed by atoms with Gasteiger partial charge in [0, 0.05) is 10.2 Å². The van der Waals surface area contributed by atoms with Gasteiger partial charge in [0.1, 0.15) is 0 Å². The molecule has 1 saturated heterocycles. The van der Waals surface area contributed by atoms with Crippen LogP contribution >= 0.6 is 15.9 Å². The first-order chi connectivity index (χ1) is 9.55. The summed E-state index contributed by atoms with van der Waals surface area (Å²) in [7, 11) is 0. The third-order valence-electron chi connectivity index (χ3n) is 4.07. The Balaban J connectivity index is 2.15. The maximum Gasteiger partial charge on any atom is 0.230 e. The van der Waals surface area contributed by atoms with E-state index >= 15 is 0 Å². The van der Waals surface area contributed by atoms with Crippen molar-refractivity contribution in [3.63, 3.8) is 0 Å². The van der Waals surface area contributed by atoms with Gasteiger partial charge in [0.15, 0.2) is 0 Å². The summed E-state index contributed by atoms with van der Waals surface area (Å²) in [4.78, 5) is 12.7. The molecule has 0 atom stereocenters. The van der Waals surface area contributed by atoms with E-state index in [0.717, 1.165) is 54.5 Å². The smallest absolute Gasteiger partial charge is 0.230 e. The Morgan fingerprint density at radius 3 is 2.65 bits per heavy atom. The van der Waals surface area contributed by atoms with E-state index in [1.54, 1.807) is 0 Å². The molecule has 0 aromatic heterocycles. The summed E-state index contributed by atoms with van der Waals surface area (Å²) in [5, 5.41) is 6.47. The zero-order valence-electron chi connectivity index (χ0n) is 12.3. The highest BCUT2D eigenvalue weighted by atomic mass is 79.9. The first-order valence-corrected chi connectivity index (χ1v) is 8.14. The number of hydrogen-bond acceptors (Lipinski definition) is 2. The summed E-state index contributed by atoms with van der Waals surface area (Å²) in [5.74, 6) is 0.179. The molecule has 1 aliphatic rings. The van der Waals surface area contributed by atoms with E-state index in [9.17, 15) is 4.79 Å². The quantitative estimate of drug-likeness (QED) is 0.874. The maximum atomic E-state index is 12.7. The monoisotopic (exact) mass is 338 g/mol. The molecule has 3 nitrogen and oxygen atoms in total. The summed E-state index contributed by atoms with van der Waals surface area (Å²) >= 11 is 3.48. The molecule has 0 unspecified atom stereocenters. The van der Waals surface area contributed by atoms with Crippen molar-refractivity contribution in [2.24, 2.45) is 5.41 Å². The fourth-order valence-corrected chi connectivity index (χ4v) is 3.65. The minimum absolute atomic E-state index is 0.179. The Hall–Kier alpha value is -0.870. The second kappa shape index (κ2) is 6.72. The molecule has 0 aliphatic carbocycles. The Morgan fingerprint density at radius 1 is 1.35 bits per heavy atom. The number of nitrogens with one attached hydrogen (secondary N) is 2. The molecule has 1 aromatic carbocycles. The number of carbonyl (C=O) groups is 1. The maximum absolute atomic E-state index is 12.7. The van der Waals surface area contributed by atoms with Gasteiger partial charge in [-0.1, -0.05) is 29.3 Å². The molecular weight excluding hydrogens is 316 g/mol. The normalized spacial score (nSPS) is 17.8. The summed E-state index contributed by atoms with van der Waals surface area (Å²) in [6.45, 7) is 6.06. The van der Waals surface area contributed by atoms with Gasteiger partial charge in [0.05, 0.1) is 5.41 Å². The van der Waals surface area contributed by atoms with Crippen molar-refractivity contribution in [1.29, 1.82) is 0 Å². The van der Waals surface area contributed by atoms with Crippen LogP contribution < -0.4 is 10.6 Å². The molecule has 2 rings (SSSR count).